The summed E-state index contributed by atoms with van der Waals surface area (Å²) in [5, 5.41) is 0. The van der Waals surface area contributed by atoms with E-state index >= 15 is 0 Å². The summed E-state index contributed by atoms with van der Waals surface area (Å²) in [4.78, 5) is 11.9. The molecule has 0 radical (unpaired) electrons. The zero-order chi connectivity index (χ0) is 14.3. The zero-order valence-corrected chi connectivity index (χ0v) is 12.1. The van der Waals surface area contributed by atoms with E-state index in [1.54, 1.807) is 7.11 Å². The van der Waals surface area contributed by atoms with E-state index in [0.717, 1.165) is 17.7 Å². The average molecular weight is 266 g/mol. The number of aryl methyl sites for hydroxylation is 2. The Balaban J connectivity index is 2.23. The van der Waals surface area contributed by atoms with Crippen LogP contribution in [-0.4, -0.2) is 12.9 Å². The lowest BCUT2D eigenvalue weighted by Crippen LogP contribution is -1.96. The number of methoxy groups -OCH3 is 1. The van der Waals surface area contributed by atoms with Gasteiger partial charge in [0.2, 0.25) is 0 Å². The Labute approximate surface area is 119 Å². The molecule has 1 aliphatic carbocycles. The van der Waals surface area contributed by atoms with Gasteiger partial charge in [-0.3, -0.25) is 4.79 Å². The second-order valence-electron chi connectivity index (χ2n) is 5.39. The summed E-state index contributed by atoms with van der Waals surface area (Å²) in [6.45, 7) is 4.20. The van der Waals surface area contributed by atoms with Crippen molar-refractivity contribution in [3.63, 3.8) is 0 Å². The normalized spacial score (nSPS) is 13.4. The summed E-state index contributed by atoms with van der Waals surface area (Å²) in [5.41, 5.74) is 6.92. The molecule has 2 heteroatoms. The van der Waals surface area contributed by atoms with Crippen molar-refractivity contribution in [2.75, 3.05) is 7.11 Å². The number of ether oxygens (including phenoxy) is 1. The van der Waals surface area contributed by atoms with E-state index in [-0.39, 0.29) is 5.78 Å². The van der Waals surface area contributed by atoms with E-state index in [0.29, 0.717) is 6.42 Å². The minimum absolute atomic E-state index is 0.269. The van der Waals surface area contributed by atoms with Crippen LogP contribution in [-0.2, 0) is 6.42 Å². The van der Waals surface area contributed by atoms with Gasteiger partial charge in [-0.15, -0.1) is 0 Å². The SMILES string of the molecule is COc1cc(C)c(-c2cccc3c2CCC3=O)c(C)c1. The molecule has 0 saturated carbocycles. The molecule has 0 fully saturated rings. The molecule has 2 nitrogen and oxygen atoms in total. The Morgan fingerprint density at radius 1 is 1.00 bits per heavy atom. The number of ketones is 1. The van der Waals surface area contributed by atoms with Crippen LogP contribution in [0.3, 0.4) is 0 Å². The van der Waals surface area contributed by atoms with Gasteiger partial charge >= 0.3 is 0 Å². The predicted molar refractivity (Wildman–Crippen MR) is 80.6 cm³/mol. The van der Waals surface area contributed by atoms with E-state index in [9.17, 15) is 4.79 Å². The van der Waals surface area contributed by atoms with Crippen molar-refractivity contribution in [2.45, 2.75) is 26.7 Å². The first-order valence-electron chi connectivity index (χ1n) is 6.92. The minimum atomic E-state index is 0.269. The largest absolute Gasteiger partial charge is 0.497 e. The van der Waals surface area contributed by atoms with Crippen LogP contribution in [0.1, 0.15) is 33.5 Å². The van der Waals surface area contributed by atoms with Gasteiger partial charge in [0.15, 0.2) is 5.78 Å². The maximum Gasteiger partial charge on any atom is 0.163 e. The number of hydrogen-bond donors (Lipinski definition) is 0. The summed E-state index contributed by atoms with van der Waals surface area (Å²) >= 11 is 0. The predicted octanol–water partition coefficient (Wildman–Crippen LogP) is 4.11. The lowest BCUT2D eigenvalue weighted by molar-refractivity contribution is 0.0994. The maximum absolute atomic E-state index is 11.9. The first-order valence-corrected chi connectivity index (χ1v) is 6.92. The van der Waals surface area contributed by atoms with Gasteiger partial charge < -0.3 is 4.74 Å². The molecule has 0 aromatic heterocycles. The third kappa shape index (κ3) is 1.92. The summed E-state index contributed by atoms with van der Waals surface area (Å²) in [7, 11) is 1.69. The van der Waals surface area contributed by atoms with Crippen LogP contribution in [0.15, 0.2) is 30.3 Å². The van der Waals surface area contributed by atoms with E-state index in [1.807, 2.05) is 12.1 Å². The maximum atomic E-state index is 11.9. The zero-order valence-electron chi connectivity index (χ0n) is 12.1. The number of hydrogen-bond acceptors (Lipinski definition) is 2. The first-order chi connectivity index (χ1) is 9.61. The third-order valence-electron chi connectivity index (χ3n) is 4.09. The molecule has 1 aliphatic rings. The second kappa shape index (κ2) is 4.78. The van der Waals surface area contributed by atoms with Gasteiger partial charge in [-0.2, -0.15) is 0 Å². The summed E-state index contributed by atoms with van der Waals surface area (Å²) in [5.74, 6) is 1.15. The molecule has 0 spiro atoms. The van der Waals surface area contributed by atoms with Crippen LogP contribution < -0.4 is 4.74 Å². The van der Waals surface area contributed by atoms with Crippen molar-refractivity contribution in [2.24, 2.45) is 0 Å². The second-order valence-corrected chi connectivity index (χ2v) is 5.39. The molecule has 0 amide bonds. The molecule has 0 aliphatic heterocycles. The molecular formula is C18H18O2. The van der Waals surface area contributed by atoms with Gasteiger partial charge in [-0.1, -0.05) is 18.2 Å². The van der Waals surface area contributed by atoms with Crippen LogP contribution in [0.25, 0.3) is 11.1 Å². The Morgan fingerprint density at radius 3 is 2.30 bits per heavy atom. The molecule has 2 aromatic carbocycles. The number of carbonyl (C=O) groups excluding carboxylic acids is 1. The quantitative estimate of drug-likeness (QED) is 0.817. The van der Waals surface area contributed by atoms with Crippen molar-refractivity contribution in [1.82, 2.24) is 0 Å². The van der Waals surface area contributed by atoms with Crippen molar-refractivity contribution in [3.05, 3.63) is 52.6 Å². The standard InChI is InChI=1S/C18H18O2/c1-11-9-13(20-3)10-12(2)18(11)16-6-4-5-15-14(16)7-8-17(15)19/h4-6,9-10H,7-8H2,1-3H3. The van der Waals surface area contributed by atoms with Gasteiger partial charge in [-0.25, -0.2) is 0 Å². The third-order valence-corrected chi connectivity index (χ3v) is 4.09. The highest BCUT2D eigenvalue weighted by Gasteiger charge is 2.23. The molecule has 20 heavy (non-hydrogen) atoms. The van der Waals surface area contributed by atoms with E-state index in [4.69, 9.17) is 4.74 Å². The highest BCUT2D eigenvalue weighted by Crippen LogP contribution is 2.37. The molecule has 102 valence electrons. The van der Waals surface area contributed by atoms with Crippen LogP contribution >= 0.6 is 0 Å². The summed E-state index contributed by atoms with van der Waals surface area (Å²) < 4.78 is 5.32. The topological polar surface area (TPSA) is 26.3 Å². The highest BCUT2D eigenvalue weighted by molar-refractivity contribution is 6.02. The lowest BCUT2D eigenvalue weighted by Gasteiger charge is -2.15. The van der Waals surface area contributed by atoms with Crippen LogP contribution in [0, 0.1) is 13.8 Å². The Kier molecular flexibility index (Phi) is 3.09. The molecule has 3 rings (SSSR count). The summed E-state index contributed by atoms with van der Waals surface area (Å²) in [6, 6.07) is 10.2. The molecule has 2 aromatic rings. The van der Waals surface area contributed by atoms with Crippen molar-refractivity contribution >= 4 is 5.78 Å². The van der Waals surface area contributed by atoms with E-state index < -0.39 is 0 Å². The van der Waals surface area contributed by atoms with Crippen LogP contribution in [0.2, 0.25) is 0 Å². The van der Waals surface area contributed by atoms with Crippen molar-refractivity contribution in [1.29, 1.82) is 0 Å². The molecule has 0 N–H and O–H groups in total. The van der Waals surface area contributed by atoms with Gasteiger partial charge in [0, 0.05) is 12.0 Å². The smallest absolute Gasteiger partial charge is 0.163 e. The van der Waals surface area contributed by atoms with Gasteiger partial charge in [0.05, 0.1) is 7.11 Å². The number of rotatable bonds is 2. The summed E-state index contributed by atoms with van der Waals surface area (Å²) in [6.07, 6.45) is 1.50. The van der Waals surface area contributed by atoms with Crippen molar-refractivity contribution in [3.8, 4) is 16.9 Å². The van der Waals surface area contributed by atoms with E-state index in [2.05, 4.69) is 32.0 Å². The van der Waals surface area contributed by atoms with Crippen molar-refractivity contribution < 1.29 is 9.53 Å². The molecule has 0 heterocycles. The Hall–Kier alpha value is -2.09. The molecule has 0 saturated heterocycles. The molecule has 0 atom stereocenters. The number of Topliss-reactive ketones (excluding diaryl/α,β-unsaturated/α-hetero) is 1. The Morgan fingerprint density at radius 2 is 1.65 bits per heavy atom. The fraction of sp³-hybridized carbons (Fsp3) is 0.278. The van der Waals surface area contributed by atoms with Crippen LogP contribution in [0.4, 0.5) is 0 Å². The molecule has 0 bridgehead atoms. The monoisotopic (exact) mass is 266 g/mol. The van der Waals surface area contributed by atoms with Gasteiger partial charge in [-0.05, 0) is 60.2 Å². The average Bonchev–Trinajstić information content (AvgIpc) is 2.81. The lowest BCUT2D eigenvalue weighted by atomic mass is 9.90. The minimum Gasteiger partial charge on any atom is -0.497 e. The number of benzene rings is 2. The van der Waals surface area contributed by atoms with Gasteiger partial charge in [0.25, 0.3) is 0 Å². The Bertz CT molecular complexity index is 676. The number of carbonyl (C=O) groups is 1. The van der Waals surface area contributed by atoms with Crippen LogP contribution in [0.5, 0.6) is 5.75 Å². The fourth-order valence-corrected chi connectivity index (χ4v) is 3.19. The van der Waals surface area contributed by atoms with E-state index in [1.165, 1.54) is 27.8 Å². The molecular weight excluding hydrogens is 248 g/mol. The number of fused-ring (bicyclic) bond motifs is 1. The molecule has 0 unspecified atom stereocenters. The van der Waals surface area contributed by atoms with Gasteiger partial charge in [0.1, 0.15) is 5.75 Å². The fourth-order valence-electron chi connectivity index (χ4n) is 3.19. The highest BCUT2D eigenvalue weighted by atomic mass is 16.5. The first kappa shape index (κ1) is 12.9.